The molecule has 2 atom stereocenters. The van der Waals surface area contributed by atoms with Crippen LogP contribution in [0.2, 0.25) is 0 Å². The van der Waals surface area contributed by atoms with E-state index in [1.165, 1.54) is 14.0 Å². The van der Waals surface area contributed by atoms with E-state index in [0.29, 0.717) is 18.2 Å². The van der Waals surface area contributed by atoms with Crippen LogP contribution < -0.4 is 5.73 Å². The second kappa shape index (κ2) is 6.31. The molecule has 0 saturated heterocycles. The molecule has 0 amide bonds. The van der Waals surface area contributed by atoms with Crippen LogP contribution >= 0.6 is 10.2 Å². The van der Waals surface area contributed by atoms with Gasteiger partial charge >= 0.3 is 10.2 Å². The van der Waals surface area contributed by atoms with E-state index in [-0.39, 0.29) is 18.1 Å². The van der Waals surface area contributed by atoms with Gasteiger partial charge in [0.25, 0.3) is 0 Å². The molecular formula is C18H17F8N3OS2. The third-order valence-electron chi connectivity index (χ3n) is 5.01. The van der Waals surface area contributed by atoms with Gasteiger partial charge < -0.3 is 5.73 Å². The molecule has 178 valence electrons. The molecular weight excluding hydrogens is 490 g/mol. The summed E-state index contributed by atoms with van der Waals surface area (Å²) in [5.74, 6) is -2.02. The predicted molar refractivity (Wildman–Crippen MR) is 110 cm³/mol. The zero-order chi connectivity index (χ0) is 24.6. The highest BCUT2D eigenvalue weighted by atomic mass is 32.5. The lowest BCUT2D eigenvalue weighted by molar-refractivity contribution is 0.364. The Kier molecular flexibility index (Phi) is 4.76. The van der Waals surface area contributed by atoms with Crippen LogP contribution in [-0.4, -0.2) is 33.1 Å². The Morgan fingerprint density at radius 3 is 2.09 bits per heavy atom. The lowest BCUT2D eigenvalue weighted by Crippen LogP contribution is -2.50. The Morgan fingerprint density at radius 2 is 1.62 bits per heavy atom. The molecule has 14 heteroatoms. The van der Waals surface area contributed by atoms with Crippen LogP contribution in [-0.2, 0) is 15.2 Å². The summed E-state index contributed by atoms with van der Waals surface area (Å²) in [6.07, 6.45) is 0. The van der Waals surface area contributed by atoms with E-state index in [4.69, 9.17) is 5.73 Å². The molecule has 4 nitrogen and oxygen atoms in total. The third-order valence-corrected chi connectivity index (χ3v) is 8.38. The Bertz CT molecular complexity index is 1260. The number of halogens is 8. The van der Waals surface area contributed by atoms with E-state index >= 15 is 4.39 Å². The zero-order valence-corrected chi connectivity index (χ0v) is 18.2. The molecule has 0 fully saturated rings. The summed E-state index contributed by atoms with van der Waals surface area (Å²) in [5.41, 5.74) is 1.62. The monoisotopic (exact) mass is 507 g/mol. The Morgan fingerprint density at radius 1 is 1.09 bits per heavy atom. The van der Waals surface area contributed by atoms with Crippen molar-refractivity contribution in [3.8, 4) is 11.1 Å². The van der Waals surface area contributed by atoms with Crippen molar-refractivity contribution >= 4 is 31.8 Å². The van der Waals surface area contributed by atoms with Crippen molar-refractivity contribution in [3.05, 3.63) is 53.3 Å². The molecule has 1 aliphatic heterocycles. The summed E-state index contributed by atoms with van der Waals surface area (Å²) in [6, 6.07) is 1.18. The number of rotatable bonds is 3. The maximum atomic E-state index is 15.4. The van der Waals surface area contributed by atoms with Gasteiger partial charge in [0.05, 0.1) is 21.0 Å². The number of nitrogens with zero attached hydrogens (tertiary/aromatic N) is 2. The van der Waals surface area contributed by atoms with E-state index < -0.39 is 70.3 Å². The molecule has 0 saturated carbocycles. The van der Waals surface area contributed by atoms with Crippen molar-refractivity contribution < 1.29 is 36.8 Å². The Balaban J connectivity index is 2.24. The molecule has 1 aliphatic rings. The van der Waals surface area contributed by atoms with Gasteiger partial charge in [-0.15, -0.1) is 0 Å². The second-order valence-electron chi connectivity index (χ2n) is 7.56. The predicted octanol–water partition coefficient (Wildman–Crippen LogP) is 5.54. The molecule has 2 aromatic rings. The third kappa shape index (κ3) is 4.12. The fourth-order valence-corrected chi connectivity index (χ4v) is 5.65. The molecule has 1 heterocycles. The van der Waals surface area contributed by atoms with Crippen molar-refractivity contribution in [1.82, 2.24) is 4.31 Å². The minimum Gasteiger partial charge on any atom is -0.369 e. The summed E-state index contributed by atoms with van der Waals surface area (Å²) in [7, 11) is -11.8. The van der Waals surface area contributed by atoms with Crippen LogP contribution in [0.25, 0.3) is 11.1 Å². The molecule has 0 spiro atoms. The molecule has 32 heavy (non-hydrogen) atoms. The van der Waals surface area contributed by atoms with E-state index in [1.54, 1.807) is 0 Å². The van der Waals surface area contributed by atoms with Crippen LogP contribution in [0.5, 0.6) is 0 Å². The summed E-state index contributed by atoms with van der Waals surface area (Å²) in [4.78, 5) is 1.75. The fourth-order valence-electron chi connectivity index (χ4n) is 3.33. The number of benzene rings is 2. The van der Waals surface area contributed by atoms with E-state index in [1.807, 2.05) is 0 Å². The maximum Gasteiger partial charge on any atom is 0.310 e. The van der Waals surface area contributed by atoms with Gasteiger partial charge in [-0.3, -0.25) is 4.31 Å². The molecule has 0 bridgehead atoms. The van der Waals surface area contributed by atoms with Gasteiger partial charge in [-0.05, 0) is 36.6 Å². The maximum absolute atomic E-state index is 15.4. The summed E-state index contributed by atoms with van der Waals surface area (Å²) in [5, 5.41) is 0. The Hall–Kier alpha value is -2.48. The van der Waals surface area contributed by atoms with Crippen molar-refractivity contribution in [2.75, 3.05) is 12.8 Å². The average Bonchev–Trinajstić information content (AvgIpc) is 2.61. The van der Waals surface area contributed by atoms with E-state index in [0.717, 1.165) is 4.31 Å². The first-order valence-corrected chi connectivity index (χ1v) is 12.4. The lowest BCUT2D eigenvalue weighted by Gasteiger charge is -2.40. The van der Waals surface area contributed by atoms with Crippen LogP contribution in [0.15, 0.2) is 40.2 Å². The van der Waals surface area contributed by atoms with E-state index in [2.05, 4.69) is 10.9 Å². The number of nitrogens with two attached hydrogens (primary N) is 1. The van der Waals surface area contributed by atoms with Gasteiger partial charge in [-0.2, -0.15) is 0 Å². The SMILES string of the molecule is C=S1(=O)C[C@@](C)(c2cc(F)c(F)c(-c3ccc(S(F)(F)(F)(F)F)cc3)c2F)N=C(N)N1C. The summed E-state index contributed by atoms with van der Waals surface area (Å²) in [6.45, 7) is 1.24. The molecule has 0 aromatic heterocycles. The summed E-state index contributed by atoms with van der Waals surface area (Å²) < 4.78 is 123. The number of hydrogen-bond donors (Lipinski definition) is 1. The first kappa shape index (κ1) is 24.2. The minimum atomic E-state index is -10.0. The standard InChI is InChI=1S/C18H17F8N3OS2/c1-18(9-31(3,30)29(2)17(27)28-18)12-8-13(19)16(21)14(15(12)20)10-4-6-11(7-5-10)32(22,23,24,25)26/h4-8H,3,9H2,1-2H3,(H2,27,28)/t18-,31?/m0/s1. The highest BCUT2D eigenvalue weighted by molar-refractivity contribution is 8.45. The minimum absolute atomic E-state index is 0.0451. The summed E-state index contributed by atoms with van der Waals surface area (Å²) >= 11 is 0. The van der Waals surface area contributed by atoms with Crippen molar-refractivity contribution in [1.29, 1.82) is 0 Å². The normalized spacial score (nSPS) is 26.3. The number of aliphatic imine (C=N–C) groups is 1. The van der Waals surface area contributed by atoms with Crippen LogP contribution in [0, 0.1) is 17.5 Å². The van der Waals surface area contributed by atoms with Crippen LogP contribution in [0.3, 0.4) is 0 Å². The molecule has 0 radical (unpaired) electrons. The highest BCUT2D eigenvalue weighted by Crippen LogP contribution is 3.02. The van der Waals surface area contributed by atoms with Crippen molar-refractivity contribution in [2.45, 2.75) is 17.4 Å². The number of guanidine groups is 1. The first-order chi connectivity index (χ1) is 14.2. The van der Waals surface area contributed by atoms with Crippen molar-refractivity contribution in [2.24, 2.45) is 10.7 Å². The molecule has 2 N–H and O–H groups in total. The van der Waals surface area contributed by atoms with Crippen LogP contribution in [0.1, 0.15) is 12.5 Å². The molecule has 3 rings (SSSR count). The molecule has 1 unspecified atom stereocenters. The largest absolute Gasteiger partial charge is 0.369 e. The molecule has 0 aliphatic carbocycles. The average molecular weight is 507 g/mol. The smallest absolute Gasteiger partial charge is 0.310 e. The topological polar surface area (TPSA) is 58.7 Å². The van der Waals surface area contributed by atoms with Gasteiger partial charge in [0.15, 0.2) is 11.6 Å². The number of hydrogen-bond acceptors (Lipinski definition) is 3. The van der Waals surface area contributed by atoms with Gasteiger partial charge in [-0.1, -0.05) is 31.6 Å². The van der Waals surface area contributed by atoms with Gasteiger partial charge in [0.2, 0.25) is 5.96 Å². The van der Waals surface area contributed by atoms with Gasteiger partial charge in [0, 0.05) is 12.6 Å². The van der Waals surface area contributed by atoms with Gasteiger partial charge in [-0.25, -0.2) is 22.4 Å². The molecule has 2 aromatic carbocycles. The Labute approximate surface area is 178 Å². The zero-order valence-electron chi connectivity index (χ0n) is 16.5. The first-order valence-electron chi connectivity index (χ1n) is 8.63. The van der Waals surface area contributed by atoms with Crippen LogP contribution in [0.4, 0.5) is 32.6 Å². The van der Waals surface area contributed by atoms with Crippen molar-refractivity contribution in [3.63, 3.8) is 0 Å². The van der Waals surface area contributed by atoms with E-state index in [9.17, 15) is 32.4 Å². The lowest BCUT2D eigenvalue weighted by atomic mass is 9.90. The fraction of sp³-hybridized carbons (Fsp3) is 0.222. The second-order valence-corrected chi connectivity index (χ2v) is 12.4. The quantitative estimate of drug-likeness (QED) is 0.337. The van der Waals surface area contributed by atoms with Gasteiger partial charge in [0.1, 0.15) is 16.3 Å². The highest BCUT2D eigenvalue weighted by Gasteiger charge is 2.65.